The van der Waals surface area contributed by atoms with Crippen molar-refractivity contribution in [2.24, 2.45) is 0 Å². The predicted molar refractivity (Wildman–Crippen MR) is 84.5 cm³/mol. The van der Waals surface area contributed by atoms with Crippen LogP contribution in [0.5, 0.6) is 11.5 Å². The van der Waals surface area contributed by atoms with Crippen LogP contribution in [0.25, 0.3) is 0 Å². The average Bonchev–Trinajstić information content (AvgIpc) is 2.56. The third kappa shape index (κ3) is 5.04. The summed E-state index contributed by atoms with van der Waals surface area (Å²) in [6.45, 7) is 2.14. The summed E-state index contributed by atoms with van der Waals surface area (Å²) >= 11 is 0. The molecule has 1 aromatic carbocycles. The van der Waals surface area contributed by atoms with Crippen LogP contribution in [0.2, 0.25) is 0 Å². The van der Waals surface area contributed by atoms with Gasteiger partial charge >= 0.3 is 0 Å². The van der Waals surface area contributed by atoms with Crippen molar-refractivity contribution in [3.8, 4) is 11.5 Å². The summed E-state index contributed by atoms with van der Waals surface area (Å²) in [6.07, 6.45) is 0.955. The molecule has 6 heteroatoms. The normalized spacial score (nSPS) is 21.7. The second-order valence-corrected chi connectivity index (χ2v) is 5.84. The number of rotatable bonds is 7. The summed E-state index contributed by atoms with van der Waals surface area (Å²) < 4.78 is 42.0. The number of benzene rings is 1. The molecule has 1 aliphatic rings. The summed E-state index contributed by atoms with van der Waals surface area (Å²) in [7, 11) is 3.23. The quantitative estimate of drug-likeness (QED) is 0.830. The average molecular weight is 329 g/mol. The first-order valence-corrected chi connectivity index (χ1v) is 7.93. The highest BCUT2D eigenvalue weighted by Crippen LogP contribution is 2.30. The van der Waals surface area contributed by atoms with Crippen molar-refractivity contribution in [1.82, 2.24) is 5.32 Å². The highest BCUT2D eigenvalue weighted by Gasteiger charge is 2.35. The van der Waals surface area contributed by atoms with E-state index in [1.165, 1.54) is 0 Å². The second kappa shape index (κ2) is 7.93. The van der Waals surface area contributed by atoms with Crippen LogP contribution in [-0.4, -0.2) is 39.4 Å². The van der Waals surface area contributed by atoms with Gasteiger partial charge in [0, 0.05) is 25.1 Å². The zero-order valence-corrected chi connectivity index (χ0v) is 13.9. The molecule has 1 saturated heterocycles. The van der Waals surface area contributed by atoms with E-state index >= 15 is 0 Å². The molecule has 0 radical (unpaired) electrons. The molecule has 0 aliphatic carbocycles. The molecule has 0 saturated carbocycles. The smallest absolute Gasteiger partial charge is 0.271 e. The molecule has 2 rings (SSSR count). The SMILES string of the molecule is CCC(NCC1CCC(F)(F)CO1)c1cc(OC)cc(OC)c1. The molecule has 0 bridgehead atoms. The van der Waals surface area contributed by atoms with E-state index in [9.17, 15) is 8.78 Å². The zero-order chi connectivity index (χ0) is 16.9. The molecule has 23 heavy (non-hydrogen) atoms. The minimum absolute atomic E-state index is 0.0880. The Morgan fingerprint density at radius 3 is 2.39 bits per heavy atom. The van der Waals surface area contributed by atoms with Crippen molar-refractivity contribution < 1.29 is 23.0 Å². The minimum atomic E-state index is -2.68. The summed E-state index contributed by atoms with van der Waals surface area (Å²) in [6, 6.07) is 5.83. The van der Waals surface area contributed by atoms with E-state index in [2.05, 4.69) is 12.2 Å². The third-order valence-corrected chi connectivity index (χ3v) is 4.14. The Hall–Kier alpha value is -1.40. The van der Waals surface area contributed by atoms with Gasteiger partial charge in [-0.3, -0.25) is 0 Å². The summed E-state index contributed by atoms with van der Waals surface area (Å²) in [5.41, 5.74) is 1.05. The van der Waals surface area contributed by atoms with E-state index in [0.29, 0.717) is 13.0 Å². The van der Waals surface area contributed by atoms with E-state index in [-0.39, 0.29) is 18.6 Å². The van der Waals surface area contributed by atoms with Crippen LogP contribution in [0.4, 0.5) is 8.78 Å². The van der Waals surface area contributed by atoms with Crippen molar-refractivity contribution in [2.75, 3.05) is 27.4 Å². The number of hydrogen-bond donors (Lipinski definition) is 1. The van der Waals surface area contributed by atoms with Crippen LogP contribution in [0.1, 0.15) is 37.8 Å². The molecule has 1 N–H and O–H groups in total. The molecule has 4 nitrogen and oxygen atoms in total. The van der Waals surface area contributed by atoms with Gasteiger partial charge in [0.25, 0.3) is 5.92 Å². The molecule has 0 aromatic heterocycles. The maximum atomic E-state index is 13.1. The van der Waals surface area contributed by atoms with Crippen LogP contribution in [0.3, 0.4) is 0 Å². The molecule has 2 atom stereocenters. The summed E-state index contributed by atoms with van der Waals surface area (Å²) in [5.74, 6) is -1.22. The first-order chi connectivity index (χ1) is 11.0. The molecule has 1 fully saturated rings. The Bertz CT molecular complexity index is 478. The summed E-state index contributed by atoms with van der Waals surface area (Å²) in [4.78, 5) is 0. The van der Waals surface area contributed by atoms with Gasteiger partial charge in [-0.2, -0.15) is 0 Å². The molecular formula is C17H25F2NO3. The number of halogens is 2. The highest BCUT2D eigenvalue weighted by atomic mass is 19.3. The van der Waals surface area contributed by atoms with E-state index < -0.39 is 12.5 Å². The fourth-order valence-electron chi connectivity index (χ4n) is 2.73. The van der Waals surface area contributed by atoms with Crippen LogP contribution in [-0.2, 0) is 4.74 Å². The first kappa shape index (κ1) is 17.9. The third-order valence-electron chi connectivity index (χ3n) is 4.14. The van der Waals surface area contributed by atoms with E-state index in [1.807, 2.05) is 18.2 Å². The Balaban J connectivity index is 1.97. The predicted octanol–water partition coefficient (Wildman–Crippen LogP) is 3.56. The van der Waals surface area contributed by atoms with Crippen molar-refractivity contribution in [1.29, 1.82) is 0 Å². The van der Waals surface area contributed by atoms with Crippen LogP contribution in [0.15, 0.2) is 18.2 Å². The fourth-order valence-corrected chi connectivity index (χ4v) is 2.73. The molecule has 2 unspecified atom stereocenters. The number of hydrogen-bond acceptors (Lipinski definition) is 4. The van der Waals surface area contributed by atoms with Gasteiger partial charge in [-0.1, -0.05) is 6.92 Å². The molecule has 130 valence electrons. The van der Waals surface area contributed by atoms with Crippen molar-refractivity contribution in [2.45, 2.75) is 44.3 Å². The Labute approximate surface area is 136 Å². The maximum Gasteiger partial charge on any atom is 0.271 e. The molecule has 0 amide bonds. The lowest BCUT2D eigenvalue weighted by Crippen LogP contribution is -2.40. The van der Waals surface area contributed by atoms with Gasteiger partial charge in [0.2, 0.25) is 0 Å². The summed E-state index contributed by atoms with van der Waals surface area (Å²) in [5, 5.41) is 3.40. The largest absolute Gasteiger partial charge is 0.497 e. The zero-order valence-electron chi connectivity index (χ0n) is 13.9. The van der Waals surface area contributed by atoms with Crippen LogP contribution in [0, 0.1) is 0 Å². The topological polar surface area (TPSA) is 39.7 Å². The second-order valence-electron chi connectivity index (χ2n) is 5.84. The number of methoxy groups -OCH3 is 2. The van der Waals surface area contributed by atoms with E-state index in [4.69, 9.17) is 14.2 Å². The molecular weight excluding hydrogens is 304 g/mol. The van der Waals surface area contributed by atoms with Gasteiger partial charge in [-0.15, -0.1) is 0 Å². The lowest BCUT2D eigenvalue weighted by atomic mass is 10.0. The van der Waals surface area contributed by atoms with Crippen LogP contribution < -0.4 is 14.8 Å². The van der Waals surface area contributed by atoms with Gasteiger partial charge in [0.15, 0.2) is 0 Å². The highest BCUT2D eigenvalue weighted by molar-refractivity contribution is 5.39. The van der Waals surface area contributed by atoms with E-state index in [0.717, 1.165) is 23.5 Å². The van der Waals surface area contributed by atoms with Gasteiger partial charge in [-0.25, -0.2) is 8.78 Å². The Morgan fingerprint density at radius 1 is 1.26 bits per heavy atom. The standard InChI is InChI=1S/C17H25F2NO3/c1-4-16(12-7-14(21-2)9-15(8-12)22-3)20-10-13-5-6-17(18,19)11-23-13/h7-9,13,16,20H,4-6,10-11H2,1-3H3. The minimum Gasteiger partial charge on any atom is -0.497 e. The number of alkyl halides is 2. The van der Waals surface area contributed by atoms with Gasteiger partial charge < -0.3 is 19.5 Å². The van der Waals surface area contributed by atoms with Gasteiger partial charge in [0.05, 0.1) is 20.3 Å². The lowest BCUT2D eigenvalue weighted by Gasteiger charge is -2.30. The van der Waals surface area contributed by atoms with Gasteiger partial charge in [0.1, 0.15) is 18.1 Å². The van der Waals surface area contributed by atoms with Crippen molar-refractivity contribution in [3.63, 3.8) is 0 Å². The molecule has 1 heterocycles. The molecule has 1 aromatic rings. The lowest BCUT2D eigenvalue weighted by molar-refractivity contribution is -0.142. The van der Waals surface area contributed by atoms with Crippen molar-refractivity contribution in [3.05, 3.63) is 23.8 Å². The number of nitrogens with one attached hydrogen (secondary N) is 1. The molecule has 1 aliphatic heterocycles. The fraction of sp³-hybridized carbons (Fsp3) is 0.647. The van der Waals surface area contributed by atoms with Gasteiger partial charge in [-0.05, 0) is 30.5 Å². The van der Waals surface area contributed by atoms with Crippen LogP contribution >= 0.6 is 0 Å². The Morgan fingerprint density at radius 2 is 1.91 bits per heavy atom. The van der Waals surface area contributed by atoms with Crippen molar-refractivity contribution >= 4 is 0 Å². The van der Waals surface area contributed by atoms with E-state index in [1.54, 1.807) is 14.2 Å². The molecule has 0 spiro atoms. The number of ether oxygens (including phenoxy) is 3. The first-order valence-electron chi connectivity index (χ1n) is 7.93. The Kier molecular flexibility index (Phi) is 6.18. The monoisotopic (exact) mass is 329 g/mol. The maximum absolute atomic E-state index is 13.1.